The van der Waals surface area contributed by atoms with Crippen molar-refractivity contribution in [1.82, 2.24) is 0 Å². The van der Waals surface area contributed by atoms with Gasteiger partial charge in [0.2, 0.25) is 0 Å². The molecule has 12 aromatic carbocycles. The molecule has 0 unspecified atom stereocenters. The Morgan fingerprint density at radius 1 is 0.235 bits per heavy atom. The van der Waals surface area contributed by atoms with E-state index in [9.17, 15) is 0 Å². The molecule has 14 rings (SSSR count). The Hall–Kier alpha value is -8.72. The van der Waals surface area contributed by atoms with E-state index in [1.54, 1.807) is 0 Å². The van der Waals surface area contributed by atoms with E-state index >= 15 is 0 Å². The van der Waals surface area contributed by atoms with Crippen molar-refractivity contribution in [3.05, 3.63) is 265 Å². The van der Waals surface area contributed by atoms with Gasteiger partial charge in [0.15, 0.2) is 0 Å². The molecule has 0 fully saturated rings. The summed E-state index contributed by atoms with van der Waals surface area (Å²) in [5.74, 6) is 0. The fourth-order valence-corrected chi connectivity index (χ4v) is 11.4. The maximum absolute atomic E-state index is 2.46. The summed E-state index contributed by atoms with van der Waals surface area (Å²) in [6, 6.07) is 90.1. The first kappa shape index (κ1) is 38.5. The first-order chi connectivity index (χ1) is 33.7. The lowest BCUT2D eigenvalue weighted by Gasteiger charge is -2.29. The Morgan fingerprint density at radius 3 is 1.01 bits per heavy atom. The van der Waals surface area contributed by atoms with Crippen LogP contribution in [0.25, 0.3) is 76.5 Å². The van der Waals surface area contributed by atoms with Crippen molar-refractivity contribution in [2.24, 2.45) is 0 Å². The van der Waals surface area contributed by atoms with Gasteiger partial charge in [-0.1, -0.05) is 182 Å². The summed E-state index contributed by atoms with van der Waals surface area (Å²) in [4.78, 5) is 4.92. The summed E-state index contributed by atoms with van der Waals surface area (Å²) in [7, 11) is 0. The number of fused-ring (bicyclic) bond motifs is 12. The van der Waals surface area contributed by atoms with E-state index in [1.165, 1.54) is 110 Å². The van der Waals surface area contributed by atoms with Gasteiger partial charge < -0.3 is 9.80 Å². The van der Waals surface area contributed by atoms with Crippen LogP contribution in [0.5, 0.6) is 0 Å². The second kappa shape index (κ2) is 15.4. The van der Waals surface area contributed by atoms with Gasteiger partial charge in [-0.25, -0.2) is 0 Å². The van der Waals surface area contributed by atoms with E-state index in [1.807, 2.05) is 0 Å². The zero-order valence-corrected chi connectivity index (χ0v) is 37.4. The number of benzene rings is 12. The molecule has 0 spiro atoms. The Balaban J connectivity index is 0.884. The average Bonchev–Trinajstić information content (AvgIpc) is 3.97. The van der Waals surface area contributed by atoms with Crippen LogP contribution >= 0.6 is 0 Å². The number of anilines is 6. The second-order valence-corrected chi connectivity index (χ2v) is 18.4. The highest BCUT2D eigenvalue weighted by Crippen LogP contribution is 2.48. The Kier molecular flexibility index (Phi) is 8.75. The fraction of sp³-hybridized carbons (Fsp3) is 0.0303. The van der Waals surface area contributed by atoms with Gasteiger partial charge >= 0.3 is 0 Å². The molecule has 0 amide bonds. The summed E-state index contributed by atoms with van der Waals surface area (Å²) in [6.45, 7) is 0. The van der Waals surface area contributed by atoms with Crippen molar-refractivity contribution < 1.29 is 0 Å². The summed E-state index contributed by atoms with van der Waals surface area (Å²) in [5, 5.41) is 9.94. The number of hydrogen-bond donors (Lipinski definition) is 0. The summed E-state index contributed by atoms with van der Waals surface area (Å²) in [5.41, 5.74) is 20.1. The van der Waals surface area contributed by atoms with Gasteiger partial charge in [0.05, 0.1) is 11.4 Å². The zero-order chi connectivity index (χ0) is 44.7. The van der Waals surface area contributed by atoms with Crippen LogP contribution in [0.4, 0.5) is 34.1 Å². The molecule has 0 heterocycles. The van der Waals surface area contributed by atoms with Gasteiger partial charge in [-0.05, 0) is 161 Å². The minimum atomic E-state index is 0.969. The predicted molar refractivity (Wildman–Crippen MR) is 288 cm³/mol. The monoisotopic (exact) mass is 864 g/mol. The van der Waals surface area contributed by atoms with Gasteiger partial charge in [-0.2, -0.15) is 0 Å². The van der Waals surface area contributed by atoms with E-state index in [0.29, 0.717) is 0 Å². The molecule has 0 aromatic heterocycles. The first-order valence-corrected chi connectivity index (χ1v) is 23.7. The molecule has 2 nitrogen and oxygen atoms in total. The first-order valence-electron chi connectivity index (χ1n) is 23.7. The molecule has 12 aromatic rings. The van der Waals surface area contributed by atoms with Gasteiger partial charge in [0.1, 0.15) is 0 Å². The van der Waals surface area contributed by atoms with Crippen LogP contribution in [-0.4, -0.2) is 0 Å². The highest BCUT2D eigenvalue weighted by Gasteiger charge is 2.25. The molecule has 318 valence electrons. The predicted octanol–water partition coefficient (Wildman–Crippen LogP) is 18.0. The van der Waals surface area contributed by atoms with Gasteiger partial charge in [-0.15, -0.1) is 0 Å². The maximum atomic E-state index is 2.46. The zero-order valence-electron chi connectivity index (χ0n) is 37.4. The van der Waals surface area contributed by atoms with Crippen molar-refractivity contribution in [1.29, 1.82) is 0 Å². The molecule has 0 saturated carbocycles. The smallest absolute Gasteiger partial charge is 0.0546 e. The Morgan fingerprint density at radius 2 is 0.574 bits per heavy atom. The highest BCUT2D eigenvalue weighted by molar-refractivity contribution is 6.16. The normalized spacial score (nSPS) is 12.3. The molecule has 0 saturated heterocycles. The molecular formula is C66H44N2. The van der Waals surface area contributed by atoms with Crippen LogP contribution in [0.1, 0.15) is 22.3 Å². The Labute approximate surface area is 396 Å². The fourth-order valence-electron chi connectivity index (χ4n) is 11.4. The van der Waals surface area contributed by atoms with E-state index in [4.69, 9.17) is 0 Å². The largest absolute Gasteiger partial charge is 0.310 e. The third-order valence-electron chi connectivity index (χ3n) is 14.6. The Bertz CT molecular complexity index is 3710. The van der Waals surface area contributed by atoms with Crippen molar-refractivity contribution in [2.45, 2.75) is 12.8 Å². The minimum Gasteiger partial charge on any atom is -0.310 e. The van der Waals surface area contributed by atoms with Crippen molar-refractivity contribution >= 4 is 77.2 Å². The van der Waals surface area contributed by atoms with Crippen LogP contribution in [0.15, 0.2) is 243 Å². The topological polar surface area (TPSA) is 6.48 Å². The molecule has 0 aliphatic heterocycles. The van der Waals surface area contributed by atoms with Gasteiger partial charge in [-0.3, -0.25) is 0 Å². The lowest BCUT2D eigenvalue weighted by atomic mass is 9.97. The molecule has 0 bridgehead atoms. The van der Waals surface area contributed by atoms with Crippen LogP contribution in [0.3, 0.4) is 0 Å². The molecule has 2 aliphatic rings. The molecule has 0 N–H and O–H groups in total. The SMILES string of the molecule is c1ccc2c(c1)Cc1ccc(N(c3ccc(-c4ccc(N(c5ccc6c(c5)-c5ccccc5C6)c5cc6ccccc6c6ccccc56)cc4)cc3)c3cc4ccccc4c4ccccc34)cc1-2. The van der Waals surface area contributed by atoms with E-state index in [-0.39, 0.29) is 0 Å². The van der Waals surface area contributed by atoms with Crippen molar-refractivity contribution in [2.75, 3.05) is 9.80 Å². The number of rotatable bonds is 7. The third-order valence-corrected chi connectivity index (χ3v) is 14.6. The van der Waals surface area contributed by atoms with E-state index in [2.05, 4.69) is 252 Å². The van der Waals surface area contributed by atoms with Crippen LogP contribution in [-0.2, 0) is 12.8 Å². The molecule has 0 radical (unpaired) electrons. The highest BCUT2D eigenvalue weighted by atomic mass is 15.1. The summed E-state index contributed by atoms with van der Waals surface area (Å²) >= 11 is 0. The van der Waals surface area contributed by atoms with Crippen LogP contribution in [0, 0.1) is 0 Å². The second-order valence-electron chi connectivity index (χ2n) is 18.4. The molecule has 0 atom stereocenters. The lowest BCUT2D eigenvalue weighted by molar-refractivity contribution is 1.25. The van der Waals surface area contributed by atoms with Gasteiger partial charge in [0.25, 0.3) is 0 Å². The maximum Gasteiger partial charge on any atom is 0.0546 e. The van der Waals surface area contributed by atoms with Crippen molar-refractivity contribution in [3.8, 4) is 33.4 Å². The van der Waals surface area contributed by atoms with E-state index in [0.717, 1.165) is 35.6 Å². The van der Waals surface area contributed by atoms with Crippen LogP contribution < -0.4 is 9.80 Å². The molecule has 68 heavy (non-hydrogen) atoms. The summed E-state index contributed by atoms with van der Waals surface area (Å²) in [6.07, 6.45) is 1.94. The van der Waals surface area contributed by atoms with Crippen molar-refractivity contribution in [3.63, 3.8) is 0 Å². The van der Waals surface area contributed by atoms with Crippen LogP contribution in [0.2, 0.25) is 0 Å². The lowest BCUT2D eigenvalue weighted by Crippen LogP contribution is -2.11. The molecular weight excluding hydrogens is 821 g/mol. The third kappa shape index (κ3) is 6.18. The minimum absolute atomic E-state index is 0.969. The quantitative estimate of drug-likeness (QED) is 0.147. The average molecular weight is 865 g/mol. The molecule has 2 aliphatic carbocycles. The molecule has 2 heteroatoms. The summed E-state index contributed by atoms with van der Waals surface area (Å²) < 4.78 is 0. The number of hydrogen-bond acceptors (Lipinski definition) is 2. The number of nitrogens with zero attached hydrogens (tertiary/aromatic N) is 2. The van der Waals surface area contributed by atoms with Gasteiger partial charge in [0, 0.05) is 33.5 Å². The standard InChI is InChI=1S/C66H44N2/c1-7-19-57-45(13-1)37-49-29-35-53(41-63(49)57)67(65-39-47-15-3-5-17-55(47)59-21-9-11-23-61(59)65)51-31-25-43(26-32-51)44-27-33-52(34-28-44)68(54-36-30-50-38-46-14-2-8-20-58(46)64(50)42-54)66-40-48-16-4-6-18-56(48)60-22-10-12-24-62(60)66/h1-36,39-42H,37-38H2. The van der Waals surface area contributed by atoms with E-state index < -0.39 is 0 Å².